The Bertz CT molecular complexity index is 2020. The van der Waals surface area contributed by atoms with Crippen molar-refractivity contribution in [3.63, 3.8) is 0 Å². The van der Waals surface area contributed by atoms with Crippen molar-refractivity contribution in [2.45, 2.75) is 274 Å². The highest BCUT2D eigenvalue weighted by molar-refractivity contribution is 7.52. The SMILES string of the molecule is C=C[C@H](CO)COP(=O)(O)OC[C@@H](C=C)CCP(=O)(O)OCC1O[C@H](OC(O[C@@H](OC2C(O)[C@H](O)C(CO)O[C@H]2OC[C@@H](COC(=O)CCC/C=C\CCCCCC)OC(=O)CCCCCCCCCCCCCCCCC)C(O)O)C(C)O)C(O)C(O)[C@H]1O. The lowest BCUT2D eigenvalue weighted by Crippen LogP contribution is -2.62. The summed E-state index contributed by atoms with van der Waals surface area (Å²) in [5.74, 6) is -2.64. The smallest absolute Gasteiger partial charge is 0.462 e. The van der Waals surface area contributed by atoms with E-state index in [-0.39, 0.29) is 25.9 Å². The summed E-state index contributed by atoms with van der Waals surface area (Å²) in [5.41, 5.74) is 0. The lowest BCUT2D eigenvalue weighted by atomic mass is 9.99. The molecule has 0 saturated carbocycles. The first-order valence-corrected chi connectivity index (χ1v) is 35.6. The van der Waals surface area contributed by atoms with Crippen LogP contribution in [0.25, 0.3) is 0 Å². The van der Waals surface area contributed by atoms with Gasteiger partial charge in [-0.1, -0.05) is 147 Å². The summed E-state index contributed by atoms with van der Waals surface area (Å²) in [4.78, 5) is 46.9. The number of allylic oxidation sites excluding steroid dienone is 2. The quantitative estimate of drug-likeness (QED) is 0.0113. The van der Waals surface area contributed by atoms with Gasteiger partial charge < -0.3 is 103 Å². The van der Waals surface area contributed by atoms with Crippen LogP contribution in [0, 0.1) is 11.8 Å². The van der Waals surface area contributed by atoms with Gasteiger partial charge in [-0.15, -0.1) is 13.2 Å². The predicted molar refractivity (Wildman–Crippen MR) is 329 cm³/mol. The second-order valence-electron chi connectivity index (χ2n) is 23.2. The number of aliphatic hydroxyl groups is 10. The van der Waals surface area contributed by atoms with Crippen LogP contribution in [0.5, 0.6) is 0 Å². The van der Waals surface area contributed by atoms with Crippen LogP contribution < -0.4 is 0 Å². The maximum absolute atomic E-state index is 13.3. The molecule has 0 bridgehead atoms. The van der Waals surface area contributed by atoms with Crippen molar-refractivity contribution in [2.75, 3.05) is 52.4 Å². The number of phosphoric ester groups is 1. The number of aliphatic hydroxyl groups excluding tert-OH is 9. The standard InChI is InChI=1S/C61H112O27P2/c1-6-10-12-14-16-18-19-20-21-22-23-25-27-29-31-33-50(66)83-46(40-78-49(65)32-30-28-26-24-17-15-13-11-7-2)41-79-60-56(54(70)51(67)47(37-63)84-60)86-61(57(72)73)88-58(43(5)64)87-59-55(71)53(69)52(68)48(85-59)42-80-89(74,75)35-34-44(8-3)38-81-90(76,77)82-39-45(9-4)36-62/h8-9,24,26,43-48,51-64,67-73H,3-4,6-7,10-23,25,27-42H2,1-2,5H3,(H,74,75)(H,76,77)/b26-24-/t43?,44-,45+,46+,47?,48?,51+,52-,53?,54?,55?,56?,58?,59+,60+,61+/m0/s1. The molecule has 0 radical (unpaired) electrons. The van der Waals surface area contributed by atoms with Gasteiger partial charge in [-0.25, -0.2) is 4.57 Å². The number of hydrogen-bond acceptors (Lipinski definition) is 25. The molecule has 0 amide bonds. The fraction of sp³-hybridized carbons (Fsp3) is 0.869. The van der Waals surface area contributed by atoms with E-state index in [1.54, 1.807) is 0 Å². The molecule has 27 nitrogen and oxygen atoms in total. The monoisotopic (exact) mass is 1340 g/mol. The lowest BCUT2D eigenvalue weighted by Gasteiger charge is -2.44. The average molecular weight is 1340 g/mol. The van der Waals surface area contributed by atoms with E-state index >= 15 is 0 Å². The molecule has 90 heavy (non-hydrogen) atoms. The molecule has 2 aliphatic heterocycles. The summed E-state index contributed by atoms with van der Waals surface area (Å²) >= 11 is 0. The molecule has 0 aromatic carbocycles. The van der Waals surface area contributed by atoms with Crippen LogP contribution in [-0.2, 0) is 70.2 Å². The summed E-state index contributed by atoms with van der Waals surface area (Å²) in [6.07, 6.45) is 0.00482. The molecule has 2 saturated heterocycles. The van der Waals surface area contributed by atoms with Gasteiger partial charge in [-0.05, 0) is 45.4 Å². The molecule has 0 aromatic heterocycles. The van der Waals surface area contributed by atoms with Crippen LogP contribution in [0.15, 0.2) is 37.5 Å². The normalized spacial score (nSPS) is 25.6. The van der Waals surface area contributed by atoms with Gasteiger partial charge in [0.15, 0.2) is 25.0 Å². The van der Waals surface area contributed by atoms with Gasteiger partial charge in [-0.2, -0.15) is 0 Å². The molecule has 528 valence electrons. The zero-order valence-corrected chi connectivity index (χ0v) is 55.0. The number of carbonyl (C=O) groups is 2. The van der Waals surface area contributed by atoms with E-state index in [1.165, 1.54) is 76.4 Å². The number of unbranched alkanes of at least 4 members (excludes halogenated alkanes) is 19. The zero-order chi connectivity index (χ0) is 66.9. The molecule has 2 aliphatic rings. The van der Waals surface area contributed by atoms with E-state index in [4.69, 9.17) is 51.5 Å². The topological polar surface area (TPSA) is 413 Å². The third-order valence-corrected chi connectivity index (χ3v) is 17.6. The maximum atomic E-state index is 13.3. The Labute approximate surface area is 532 Å². The van der Waals surface area contributed by atoms with E-state index in [0.29, 0.717) is 19.3 Å². The van der Waals surface area contributed by atoms with Gasteiger partial charge >= 0.3 is 27.4 Å². The molecule has 2 fully saturated rings. The van der Waals surface area contributed by atoms with Crippen molar-refractivity contribution < 1.29 is 131 Å². The Morgan fingerprint density at radius 3 is 1.64 bits per heavy atom. The average Bonchev–Trinajstić information content (AvgIpc) is 1.40. The summed E-state index contributed by atoms with van der Waals surface area (Å²) in [5, 5.41) is 106. The molecule has 10 unspecified atom stereocenters. The van der Waals surface area contributed by atoms with Crippen LogP contribution in [-0.4, -0.2) is 218 Å². The molecule has 2 rings (SSSR count). The lowest BCUT2D eigenvalue weighted by molar-refractivity contribution is -0.401. The van der Waals surface area contributed by atoms with Gasteiger partial charge in [0, 0.05) is 24.7 Å². The zero-order valence-electron chi connectivity index (χ0n) is 53.3. The van der Waals surface area contributed by atoms with Gasteiger partial charge in [-0.3, -0.25) is 23.2 Å². The highest BCUT2D eigenvalue weighted by atomic mass is 31.2. The molecular weight excluding hydrogens is 1230 g/mol. The Kier molecular flexibility index (Phi) is 45.2. The summed E-state index contributed by atoms with van der Waals surface area (Å²) in [7, 11) is -9.23. The van der Waals surface area contributed by atoms with Crippen molar-refractivity contribution in [1.29, 1.82) is 0 Å². The van der Waals surface area contributed by atoms with Crippen molar-refractivity contribution in [2.24, 2.45) is 11.8 Å². The van der Waals surface area contributed by atoms with Crippen LogP contribution in [0.2, 0.25) is 0 Å². The number of ether oxygens (including phenoxy) is 8. The number of phosphoric acid groups is 1. The molecule has 0 aromatic rings. The molecular formula is C61H112O27P2. The Morgan fingerprint density at radius 2 is 1.10 bits per heavy atom. The first-order chi connectivity index (χ1) is 43.0. The highest BCUT2D eigenvalue weighted by Crippen LogP contribution is 2.47. The van der Waals surface area contributed by atoms with Crippen LogP contribution in [0.4, 0.5) is 0 Å². The van der Waals surface area contributed by atoms with E-state index in [0.717, 1.165) is 64.7 Å². The van der Waals surface area contributed by atoms with Crippen LogP contribution in [0.3, 0.4) is 0 Å². The maximum Gasteiger partial charge on any atom is 0.472 e. The van der Waals surface area contributed by atoms with E-state index in [2.05, 4.69) is 33.1 Å². The van der Waals surface area contributed by atoms with Crippen molar-refractivity contribution in [3.05, 3.63) is 37.5 Å². The minimum atomic E-state index is -4.63. The van der Waals surface area contributed by atoms with Gasteiger partial charge in [0.05, 0.1) is 45.8 Å². The van der Waals surface area contributed by atoms with E-state index < -0.39 is 177 Å². The Morgan fingerprint density at radius 1 is 0.578 bits per heavy atom. The van der Waals surface area contributed by atoms with Crippen LogP contribution >= 0.6 is 15.4 Å². The number of rotatable bonds is 55. The van der Waals surface area contributed by atoms with Crippen molar-refractivity contribution in [1.82, 2.24) is 0 Å². The fourth-order valence-electron chi connectivity index (χ4n) is 9.57. The van der Waals surface area contributed by atoms with E-state index in [9.17, 15) is 79.6 Å². The first kappa shape index (κ1) is 83.9. The second-order valence-corrected chi connectivity index (χ2v) is 26.6. The third kappa shape index (κ3) is 35.5. The summed E-state index contributed by atoms with van der Waals surface area (Å²) in [6.45, 7) is 8.36. The number of hydrogen-bond donors (Lipinski definition) is 12. The van der Waals surface area contributed by atoms with Gasteiger partial charge in [0.2, 0.25) is 12.6 Å². The Balaban J connectivity index is 2.17. The highest BCUT2D eigenvalue weighted by Gasteiger charge is 2.50. The largest absolute Gasteiger partial charge is 0.472 e. The molecule has 12 N–H and O–H groups in total. The molecule has 2 heterocycles. The Hall–Kier alpha value is -2.22. The van der Waals surface area contributed by atoms with Gasteiger partial charge in [0.1, 0.15) is 61.5 Å². The van der Waals surface area contributed by atoms with Gasteiger partial charge in [0.25, 0.3) is 0 Å². The molecule has 0 aliphatic carbocycles. The van der Waals surface area contributed by atoms with Crippen molar-refractivity contribution in [3.8, 4) is 0 Å². The van der Waals surface area contributed by atoms with E-state index in [1.807, 2.05) is 6.08 Å². The summed E-state index contributed by atoms with van der Waals surface area (Å²) in [6, 6.07) is 0. The summed E-state index contributed by atoms with van der Waals surface area (Å²) < 4.78 is 86.0. The number of esters is 2. The molecule has 0 spiro atoms. The fourth-order valence-corrected chi connectivity index (χ4v) is 11.6. The minimum Gasteiger partial charge on any atom is -0.462 e. The number of carbonyl (C=O) groups excluding carboxylic acids is 2. The minimum absolute atomic E-state index is 0.0373. The van der Waals surface area contributed by atoms with Crippen LogP contribution in [0.1, 0.15) is 181 Å². The molecule has 29 heteroatoms. The predicted octanol–water partition coefficient (Wildman–Crippen LogP) is 5.75. The first-order valence-electron chi connectivity index (χ1n) is 32.3. The second kappa shape index (κ2) is 48.5. The third-order valence-electron chi connectivity index (χ3n) is 15.3. The van der Waals surface area contributed by atoms with Crippen molar-refractivity contribution >= 4 is 27.4 Å². The molecule has 18 atom stereocenters.